The van der Waals surface area contributed by atoms with Crippen molar-refractivity contribution in [3.63, 3.8) is 0 Å². The van der Waals surface area contributed by atoms with E-state index in [1.165, 1.54) is 0 Å². The van der Waals surface area contributed by atoms with Crippen LogP contribution in [0.1, 0.15) is 31.2 Å². The van der Waals surface area contributed by atoms with Crippen molar-refractivity contribution in [2.24, 2.45) is 0 Å². The molecule has 0 spiro atoms. The minimum absolute atomic E-state index is 0.00440. The molecule has 27 heavy (non-hydrogen) atoms. The Kier molecular flexibility index (Phi) is 4.61. The lowest BCUT2D eigenvalue weighted by atomic mass is 9.87. The molecule has 2 aromatic rings. The molecular formula is C20H20ClN3O3. The number of piperidine rings is 1. The van der Waals surface area contributed by atoms with E-state index >= 15 is 0 Å². The molecule has 0 amide bonds. The summed E-state index contributed by atoms with van der Waals surface area (Å²) < 4.78 is 0. The van der Waals surface area contributed by atoms with Gasteiger partial charge in [-0.1, -0.05) is 23.8 Å². The van der Waals surface area contributed by atoms with Gasteiger partial charge in [0.15, 0.2) is 0 Å². The lowest BCUT2D eigenvalue weighted by molar-refractivity contribution is -0.142. The molecule has 6 nitrogen and oxygen atoms in total. The average Bonchev–Trinajstić information content (AvgIpc) is 3.12. The number of rotatable bonds is 3. The molecule has 0 aromatic carbocycles. The molecule has 2 aliphatic rings. The summed E-state index contributed by atoms with van der Waals surface area (Å²) in [5.74, 6) is -0.804. The number of hydrogen-bond donors (Lipinski definition) is 2. The number of ketones is 2. The summed E-state index contributed by atoms with van der Waals surface area (Å²) in [5.41, 5.74) is 2.68. The number of aliphatic hydroxyl groups is 1. The number of pyridine rings is 1. The lowest BCUT2D eigenvalue weighted by Gasteiger charge is -2.40. The Hall–Kier alpha value is -2.44. The summed E-state index contributed by atoms with van der Waals surface area (Å²) in [5, 5.41) is 11.7. The number of carbonyl (C=O) groups is 2. The number of H-pyrrole nitrogens is 1. The van der Waals surface area contributed by atoms with Gasteiger partial charge in [-0.2, -0.15) is 0 Å². The molecule has 1 aliphatic heterocycles. The second kappa shape index (κ2) is 6.94. The molecule has 0 radical (unpaired) electrons. The fourth-order valence-corrected chi connectivity index (χ4v) is 4.26. The third kappa shape index (κ3) is 3.19. The maximum Gasteiger partial charge on any atom is 0.217 e. The van der Waals surface area contributed by atoms with E-state index in [9.17, 15) is 14.7 Å². The van der Waals surface area contributed by atoms with Crippen molar-refractivity contribution in [1.29, 1.82) is 0 Å². The van der Waals surface area contributed by atoms with E-state index in [0.29, 0.717) is 11.4 Å². The van der Waals surface area contributed by atoms with Gasteiger partial charge in [0.25, 0.3) is 0 Å². The van der Waals surface area contributed by atoms with E-state index in [4.69, 9.17) is 11.6 Å². The van der Waals surface area contributed by atoms with Gasteiger partial charge in [0, 0.05) is 35.8 Å². The molecule has 3 atom stereocenters. The third-order valence-corrected chi connectivity index (χ3v) is 5.66. The molecule has 1 saturated heterocycles. The van der Waals surface area contributed by atoms with Gasteiger partial charge < -0.3 is 15.0 Å². The molecule has 3 unspecified atom stereocenters. The average molecular weight is 386 g/mol. The minimum Gasteiger partial charge on any atom is -0.391 e. The number of aromatic amines is 1. The molecule has 2 N–H and O–H groups in total. The monoisotopic (exact) mass is 385 g/mol. The molecule has 140 valence electrons. The molecule has 1 aliphatic carbocycles. The highest BCUT2D eigenvalue weighted by Gasteiger charge is 2.37. The smallest absolute Gasteiger partial charge is 0.217 e. The number of halogens is 1. The van der Waals surface area contributed by atoms with Gasteiger partial charge in [-0.05, 0) is 31.1 Å². The molecular weight excluding hydrogens is 366 g/mol. The zero-order valence-corrected chi connectivity index (χ0v) is 15.6. The fourth-order valence-electron chi connectivity index (χ4n) is 3.97. The second-order valence-electron chi connectivity index (χ2n) is 7.10. The maximum atomic E-state index is 12.0. The van der Waals surface area contributed by atoms with Gasteiger partial charge in [-0.3, -0.25) is 9.59 Å². The first-order chi connectivity index (χ1) is 13.0. The van der Waals surface area contributed by atoms with Crippen molar-refractivity contribution >= 4 is 34.2 Å². The summed E-state index contributed by atoms with van der Waals surface area (Å²) in [4.78, 5) is 33.1. The van der Waals surface area contributed by atoms with Crippen molar-refractivity contribution in [3.05, 3.63) is 53.0 Å². The molecule has 7 heteroatoms. The van der Waals surface area contributed by atoms with Gasteiger partial charge >= 0.3 is 0 Å². The number of aliphatic hydroxyl groups excluding tert-OH is 1. The highest BCUT2D eigenvalue weighted by molar-refractivity contribution is 6.38. The van der Waals surface area contributed by atoms with Crippen LogP contribution in [0.5, 0.6) is 0 Å². The summed E-state index contributed by atoms with van der Waals surface area (Å²) >= 11 is 6.47. The van der Waals surface area contributed by atoms with E-state index in [1.807, 2.05) is 29.3 Å². The van der Waals surface area contributed by atoms with Crippen LogP contribution in [-0.2, 0) is 9.59 Å². The number of likely N-dealkylation sites (tertiary alicyclic amines) is 1. The van der Waals surface area contributed by atoms with Crippen LogP contribution in [0.15, 0.2) is 42.4 Å². The summed E-state index contributed by atoms with van der Waals surface area (Å²) in [6.07, 6.45) is 9.39. The SMILES string of the molecule is CC(O)C1CC(=O)C(=O)CN1C1=CC=CC(c2c(Cl)cnc3[nH]ccc23)C1. The summed E-state index contributed by atoms with van der Waals surface area (Å²) in [6.45, 7) is 1.66. The van der Waals surface area contributed by atoms with Crippen LogP contribution in [0.4, 0.5) is 0 Å². The number of carbonyl (C=O) groups excluding carboxylic acids is 2. The van der Waals surface area contributed by atoms with Crippen LogP contribution in [-0.4, -0.2) is 50.2 Å². The number of Topliss-reactive ketones (excluding diaryl/α,β-unsaturated/α-hetero) is 2. The predicted octanol–water partition coefficient (Wildman–Crippen LogP) is 2.74. The van der Waals surface area contributed by atoms with E-state index in [1.54, 1.807) is 13.1 Å². The summed E-state index contributed by atoms with van der Waals surface area (Å²) in [6, 6.07) is 1.56. The van der Waals surface area contributed by atoms with Gasteiger partial charge in [0.1, 0.15) is 5.65 Å². The zero-order chi connectivity index (χ0) is 19.1. The maximum absolute atomic E-state index is 12.0. The molecule has 2 aromatic heterocycles. The van der Waals surface area contributed by atoms with Crippen LogP contribution in [0.2, 0.25) is 5.02 Å². The fraction of sp³-hybridized carbons (Fsp3) is 0.350. The largest absolute Gasteiger partial charge is 0.391 e. The lowest BCUT2D eigenvalue weighted by Crippen LogP contribution is -2.52. The van der Waals surface area contributed by atoms with Crippen LogP contribution in [0, 0.1) is 0 Å². The molecule has 4 rings (SSSR count). The number of nitrogens with one attached hydrogen (secondary N) is 1. The van der Waals surface area contributed by atoms with Gasteiger partial charge in [0.2, 0.25) is 11.6 Å². The number of fused-ring (bicyclic) bond motifs is 1. The number of allylic oxidation sites excluding steroid dienone is 4. The number of nitrogens with zero attached hydrogens (tertiary/aromatic N) is 2. The Balaban J connectivity index is 1.66. The first kappa shape index (κ1) is 17.9. The Labute approximate surface area is 161 Å². The molecule has 3 heterocycles. The number of aromatic nitrogens is 2. The van der Waals surface area contributed by atoms with Crippen LogP contribution < -0.4 is 0 Å². The highest BCUT2D eigenvalue weighted by Crippen LogP contribution is 2.38. The summed E-state index contributed by atoms with van der Waals surface area (Å²) in [7, 11) is 0. The first-order valence-electron chi connectivity index (χ1n) is 8.95. The van der Waals surface area contributed by atoms with Crippen molar-refractivity contribution in [2.75, 3.05) is 6.54 Å². The van der Waals surface area contributed by atoms with Gasteiger partial charge in [-0.15, -0.1) is 0 Å². The zero-order valence-electron chi connectivity index (χ0n) is 14.9. The predicted molar refractivity (Wildman–Crippen MR) is 102 cm³/mol. The Morgan fingerprint density at radius 1 is 1.33 bits per heavy atom. The van der Waals surface area contributed by atoms with Gasteiger partial charge in [-0.25, -0.2) is 4.98 Å². The molecule has 0 bridgehead atoms. The van der Waals surface area contributed by atoms with Crippen LogP contribution >= 0.6 is 11.6 Å². The van der Waals surface area contributed by atoms with Crippen molar-refractivity contribution < 1.29 is 14.7 Å². The van der Waals surface area contributed by atoms with Crippen LogP contribution in [0.25, 0.3) is 11.0 Å². The minimum atomic E-state index is -0.715. The van der Waals surface area contributed by atoms with Crippen molar-refractivity contribution in [2.45, 2.75) is 37.8 Å². The van der Waals surface area contributed by atoms with E-state index in [0.717, 1.165) is 22.3 Å². The molecule has 1 fully saturated rings. The topological polar surface area (TPSA) is 86.3 Å². The van der Waals surface area contributed by atoms with E-state index < -0.39 is 23.7 Å². The standard InChI is InChI=1S/C20H20ClN3O3/c1-11(25)16-8-17(26)18(27)10-24(16)13-4-2-3-12(7-13)19-14-5-6-22-20(14)23-9-15(19)21/h2-6,9,11-12,16,25H,7-8,10H2,1H3,(H,22,23). The van der Waals surface area contributed by atoms with E-state index in [2.05, 4.69) is 16.0 Å². The highest BCUT2D eigenvalue weighted by atomic mass is 35.5. The van der Waals surface area contributed by atoms with Crippen molar-refractivity contribution in [1.82, 2.24) is 14.9 Å². The Morgan fingerprint density at radius 2 is 2.15 bits per heavy atom. The van der Waals surface area contributed by atoms with Crippen molar-refractivity contribution in [3.8, 4) is 0 Å². The number of hydrogen-bond acceptors (Lipinski definition) is 5. The molecule has 0 saturated carbocycles. The van der Waals surface area contributed by atoms with E-state index in [-0.39, 0.29) is 18.9 Å². The third-order valence-electron chi connectivity index (χ3n) is 5.36. The Bertz CT molecular complexity index is 976. The van der Waals surface area contributed by atoms with Gasteiger partial charge in [0.05, 0.1) is 23.7 Å². The Morgan fingerprint density at radius 3 is 2.93 bits per heavy atom. The first-order valence-corrected chi connectivity index (χ1v) is 9.33. The second-order valence-corrected chi connectivity index (χ2v) is 7.51. The quantitative estimate of drug-likeness (QED) is 0.793. The normalized spacial score (nSPS) is 24.4. The van der Waals surface area contributed by atoms with Crippen LogP contribution in [0.3, 0.4) is 0 Å².